The first-order valence-corrected chi connectivity index (χ1v) is 5.57. The van der Waals surface area contributed by atoms with Crippen LogP contribution in [0.2, 0.25) is 0 Å². The van der Waals surface area contributed by atoms with Gasteiger partial charge < -0.3 is 10.2 Å². The van der Waals surface area contributed by atoms with Crippen LogP contribution in [0.1, 0.15) is 23.9 Å². The highest BCUT2D eigenvalue weighted by atomic mass is 32.1. The number of fused-ring (bicyclic) bond motifs is 1. The summed E-state index contributed by atoms with van der Waals surface area (Å²) in [5, 5.41) is 0. The molecule has 1 atom stereocenters. The van der Waals surface area contributed by atoms with Gasteiger partial charge in [0.15, 0.2) is 11.5 Å². The van der Waals surface area contributed by atoms with Gasteiger partial charge in [-0.15, -0.1) is 0 Å². The third-order valence-corrected chi connectivity index (χ3v) is 2.65. The van der Waals surface area contributed by atoms with E-state index in [0.717, 1.165) is 28.8 Å². The number of nitrogens with two attached hydrogens (primary N) is 1. The maximum absolute atomic E-state index is 6.00. The van der Waals surface area contributed by atoms with Crippen molar-refractivity contribution in [3.63, 3.8) is 0 Å². The summed E-state index contributed by atoms with van der Waals surface area (Å²) in [5.41, 5.74) is 8.77. The highest BCUT2D eigenvalue weighted by molar-refractivity contribution is 7.80. The van der Waals surface area contributed by atoms with E-state index in [1.165, 1.54) is 0 Å². The monoisotopic (exact) mass is 222 g/mol. The van der Waals surface area contributed by atoms with Crippen molar-refractivity contribution in [2.75, 3.05) is 5.75 Å². The number of nitrogens with zero attached hydrogens (tertiary/aromatic N) is 1. The molecule has 2 rings (SSSR count). The lowest BCUT2D eigenvalue weighted by Crippen LogP contribution is -2.10. The summed E-state index contributed by atoms with van der Waals surface area (Å²) in [6.45, 7) is 1.84. The molecule has 3 nitrogen and oxygen atoms in total. The molecular formula is C11H14N2OS. The summed E-state index contributed by atoms with van der Waals surface area (Å²) in [4.78, 5) is 4.28. The molecule has 80 valence electrons. The Morgan fingerprint density at radius 1 is 1.53 bits per heavy atom. The molecule has 15 heavy (non-hydrogen) atoms. The van der Waals surface area contributed by atoms with Gasteiger partial charge in [0.1, 0.15) is 5.52 Å². The summed E-state index contributed by atoms with van der Waals surface area (Å²) < 4.78 is 5.40. The molecule has 0 spiro atoms. The average molecular weight is 222 g/mol. The van der Waals surface area contributed by atoms with Gasteiger partial charge >= 0.3 is 0 Å². The Labute approximate surface area is 94.1 Å². The van der Waals surface area contributed by atoms with Crippen LogP contribution < -0.4 is 5.73 Å². The van der Waals surface area contributed by atoms with Gasteiger partial charge in [0.05, 0.1) is 0 Å². The van der Waals surface area contributed by atoms with Crippen LogP contribution in [0.25, 0.3) is 11.1 Å². The van der Waals surface area contributed by atoms with E-state index in [-0.39, 0.29) is 6.04 Å². The van der Waals surface area contributed by atoms with E-state index < -0.39 is 0 Å². The van der Waals surface area contributed by atoms with Crippen molar-refractivity contribution in [3.05, 3.63) is 29.7 Å². The van der Waals surface area contributed by atoms with Crippen LogP contribution in [0, 0.1) is 6.92 Å². The predicted octanol–water partition coefficient (Wildman–Crippen LogP) is 2.46. The molecule has 0 aliphatic rings. The van der Waals surface area contributed by atoms with Crippen LogP contribution in [0.15, 0.2) is 22.6 Å². The average Bonchev–Trinajstić information content (AvgIpc) is 2.57. The molecule has 1 heterocycles. The van der Waals surface area contributed by atoms with Gasteiger partial charge in [-0.3, -0.25) is 0 Å². The second-order valence-electron chi connectivity index (χ2n) is 3.58. The van der Waals surface area contributed by atoms with Crippen LogP contribution >= 0.6 is 12.6 Å². The zero-order chi connectivity index (χ0) is 10.8. The van der Waals surface area contributed by atoms with Crippen molar-refractivity contribution in [3.8, 4) is 0 Å². The van der Waals surface area contributed by atoms with E-state index in [0.29, 0.717) is 5.89 Å². The third kappa shape index (κ3) is 2.16. The van der Waals surface area contributed by atoms with Gasteiger partial charge in [-0.25, -0.2) is 4.98 Å². The first kappa shape index (κ1) is 10.5. The standard InChI is InChI=1S/C11H14N2OS/c1-7-13-10-6-8(9(12)4-5-15)2-3-11(10)14-7/h2-3,6,9,15H,4-5,12H2,1H3. The van der Waals surface area contributed by atoms with E-state index in [2.05, 4.69) is 17.6 Å². The number of rotatable bonds is 3. The van der Waals surface area contributed by atoms with Gasteiger partial charge in [-0.2, -0.15) is 12.6 Å². The molecule has 0 bridgehead atoms. The Morgan fingerprint density at radius 2 is 2.33 bits per heavy atom. The van der Waals surface area contributed by atoms with E-state index in [1.54, 1.807) is 0 Å². The van der Waals surface area contributed by atoms with Gasteiger partial charge in [0.25, 0.3) is 0 Å². The lowest BCUT2D eigenvalue weighted by molar-refractivity contribution is 0.561. The fraction of sp³-hybridized carbons (Fsp3) is 0.364. The smallest absolute Gasteiger partial charge is 0.192 e. The van der Waals surface area contributed by atoms with E-state index in [9.17, 15) is 0 Å². The van der Waals surface area contributed by atoms with Crippen LogP contribution in [-0.4, -0.2) is 10.7 Å². The molecule has 0 radical (unpaired) electrons. The van der Waals surface area contributed by atoms with Crippen molar-refractivity contribution in [2.45, 2.75) is 19.4 Å². The zero-order valence-electron chi connectivity index (χ0n) is 8.60. The van der Waals surface area contributed by atoms with Crippen LogP contribution in [0.3, 0.4) is 0 Å². The first-order valence-electron chi connectivity index (χ1n) is 4.94. The zero-order valence-corrected chi connectivity index (χ0v) is 9.50. The van der Waals surface area contributed by atoms with Crippen LogP contribution in [0.5, 0.6) is 0 Å². The normalized spacial score (nSPS) is 13.3. The molecule has 0 fully saturated rings. The number of thiol groups is 1. The minimum absolute atomic E-state index is 0.0314. The topological polar surface area (TPSA) is 52.0 Å². The number of hydrogen-bond donors (Lipinski definition) is 2. The lowest BCUT2D eigenvalue weighted by atomic mass is 10.1. The molecule has 0 saturated carbocycles. The number of aromatic nitrogens is 1. The van der Waals surface area contributed by atoms with Crippen molar-refractivity contribution < 1.29 is 4.42 Å². The van der Waals surface area contributed by atoms with Gasteiger partial charge in [-0.05, 0) is 29.9 Å². The highest BCUT2D eigenvalue weighted by Crippen LogP contribution is 2.21. The van der Waals surface area contributed by atoms with Crippen LogP contribution in [-0.2, 0) is 0 Å². The molecule has 2 aromatic rings. The van der Waals surface area contributed by atoms with Gasteiger partial charge in [0, 0.05) is 13.0 Å². The molecule has 0 aliphatic carbocycles. The number of hydrogen-bond acceptors (Lipinski definition) is 4. The first-order chi connectivity index (χ1) is 7.20. The van der Waals surface area contributed by atoms with Crippen molar-refractivity contribution in [1.29, 1.82) is 0 Å². The molecule has 1 unspecified atom stereocenters. The maximum atomic E-state index is 6.00. The summed E-state index contributed by atoms with van der Waals surface area (Å²) >= 11 is 4.17. The Morgan fingerprint density at radius 3 is 3.07 bits per heavy atom. The van der Waals surface area contributed by atoms with Crippen molar-refractivity contribution >= 4 is 23.7 Å². The number of benzene rings is 1. The molecule has 1 aromatic carbocycles. The van der Waals surface area contributed by atoms with E-state index in [1.807, 2.05) is 25.1 Å². The highest BCUT2D eigenvalue weighted by Gasteiger charge is 2.08. The second-order valence-corrected chi connectivity index (χ2v) is 4.03. The molecule has 1 aromatic heterocycles. The Balaban J connectivity index is 2.37. The lowest BCUT2D eigenvalue weighted by Gasteiger charge is -2.09. The third-order valence-electron chi connectivity index (χ3n) is 2.39. The number of aryl methyl sites for hydroxylation is 1. The molecular weight excluding hydrogens is 208 g/mol. The minimum Gasteiger partial charge on any atom is -0.441 e. The summed E-state index contributed by atoms with van der Waals surface area (Å²) in [6, 6.07) is 5.92. The van der Waals surface area contributed by atoms with E-state index >= 15 is 0 Å². The molecule has 0 saturated heterocycles. The van der Waals surface area contributed by atoms with Crippen molar-refractivity contribution in [2.24, 2.45) is 5.73 Å². The fourth-order valence-corrected chi connectivity index (χ4v) is 1.87. The summed E-state index contributed by atoms with van der Waals surface area (Å²) in [5.74, 6) is 1.47. The quantitative estimate of drug-likeness (QED) is 0.784. The maximum Gasteiger partial charge on any atom is 0.192 e. The Kier molecular flexibility index (Phi) is 2.98. The largest absolute Gasteiger partial charge is 0.441 e. The summed E-state index contributed by atoms with van der Waals surface area (Å²) in [6.07, 6.45) is 0.867. The molecule has 2 N–H and O–H groups in total. The molecule has 0 aliphatic heterocycles. The Hall–Kier alpha value is -1.00. The second kappa shape index (κ2) is 4.24. The summed E-state index contributed by atoms with van der Waals surface area (Å²) in [7, 11) is 0. The number of oxazole rings is 1. The van der Waals surface area contributed by atoms with Gasteiger partial charge in [0.2, 0.25) is 0 Å². The minimum atomic E-state index is 0.0314. The van der Waals surface area contributed by atoms with E-state index in [4.69, 9.17) is 10.2 Å². The SMILES string of the molecule is Cc1nc2cc(C(N)CCS)ccc2o1. The molecule has 0 amide bonds. The predicted molar refractivity (Wildman–Crippen MR) is 64.1 cm³/mol. The molecule has 4 heteroatoms. The van der Waals surface area contributed by atoms with Crippen LogP contribution in [0.4, 0.5) is 0 Å². The fourth-order valence-electron chi connectivity index (χ4n) is 1.60. The van der Waals surface area contributed by atoms with Gasteiger partial charge in [-0.1, -0.05) is 6.07 Å². The Bertz CT molecular complexity index is 467. The van der Waals surface area contributed by atoms with Crippen molar-refractivity contribution in [1.82, 2.24) is 4.98 Å².